The van der Waals surface area contributed by atoms with Crippen molar-refractivity contribution in [2.75, 3.05) is 13.3 Å². The molecule has 2 fully saturated rings. The zero-order valence-corrected chi connectivity index (χ0v) is 9.55. The molecule has 3 aliphatic heterocycles. The third kappa shape index (κ3) is 1.10. The fraction of sp³-hybridized carbons (Fsp3) is 0.600. The van der Waals surface area contributed by atoms with Crippen LogP contribution in [0.3, 0.4) is 0 Å². The fourth-order valence-electron chi connectivity index (χ4n) is 2.77. The number of imide groups is 1. The van der Waals surface area contributed by atoms with Crippen LogP contribution >= 0.6 is 0 Å². The first kappa shape index (κ1) is 12.6. The lowest BCUT2D eigenvalue weighted by molar-refractivity contribution is -0.748. The summed E-state index contributed by atoms with van der Waals surface area (Å²) < 4.78 is 31.6. The van der Waals surface area contributed by atoms with Gasteiger partial charge in [-0.3, -0.25) is 4.79 Å². The van der Waals surface area contributed by atoms with E-state index < -0.39 is 53.4 Å². The van der Waals surface area contributed by atoms with Gasteiger partial charge in [0, 0.05) is 0 Å². The van der Waals surface area contributed by atoms with E-state index in [1.54, 1.807) is 0 Å². The Morgan fingerprint density at radius 2 is 2.21 bits per heavy atom. The van der Waals surface area contributed by atoms with Crippen molar-refractivity contribution in [3.8, 4) is 0 Å². The number of fused-ring (bicyclic) bond motifs is 3. The van der Waals surface area contributed by atoms with Crippen molar-refractivity contribution < 1.29 is 37.8 Å². The van der Waals surface area contributed by atoms with Gasteiger partial charge >= 0.3 is 18.1 Å². The maximum atomic E-state index is 14.8. The molecule has 3 aliphatic rings. The summed E-state index contributed by atoms with van der Waals surface area (Å²) in [5.41, 5.74) is -2.07. The van der Waals surface area contributed by atoms with E-state index in [4.69, 9.17) is 9.84 Å². The summed E-state index contributed by atoms with van der Waals surface area (Å²) in [6.45, 7) is -2.21. The lowest BCUT2D eigenvalue weighted by Gasteiger charge is -2.32. The average Bonchev–Trinajstić information content (AvgIpc) is 2.81. The van der Waals surface area contributed by atoms with Gasteiger partial charge in [-0.1, -0.05) is 0 Å². The molecule has 0 saturated carbocycles. The Balaban J connectivity index is 2.00. The van der Waals surface area contributed by atoms with Gasteiger partial charge in [-0.25, -0.2) is 14.5 Å². The second kappa shape index (κ2) is 3.37. The number of rotatable bonds is 2. The summed E-state index contributed by atoms with van der Waals surface area (Å²) >= 11 is 0. The number of aliphatic hydroxyl groups excluding tert-OH is 2. The Bertz CT molecular complexity index is 508. The van der Waals surface area contributed by atoms with Crippen LogP contribution in [0.4, 0.5) is 13.6 Å². The molecule has 0 aromatic carbocycles. The van der Waals surface area contributed by atoms with E-state index in [1.165, 1.54) is 0 Å². The zero-order valence-electron chi connectivity index (χ0n) is 9.55. The molecule has 7 nitrogen and oxygen atoms in total. The highest BCUT2D eigenvalue weighted by molar-refractivity contribution is 6.00. The van der Waals surface area contributed by atoms with Gasteiger partial charge in [-0.15, -0.1) is 4.48 Å². The first-order valence-electron chi connectivity index (χ1n) is 5.54. The van der Waals surface area contributed by atoms with Crippen molar-refractivity contribution in [1.29, 1.82) is 0 Å². The molecule has 104 valence electrons. The molecule has 5 atom stereocenters. The van der Waals surface area contributed by atoms with Crippen LogP contribution in [0.25, 0.3) is 0 Å². The minimum atomic E-state index is -2.60. The molecular weight excluding hydrogens is 266 g/mol. The van der Waals surface area contributed by atoms with Gasteiger partial charge in [0.15, 0.2) is 11.7 Å². The van der Waals surface area contributed by atoms with Gasteiger partial charge in [0.2, 0.25) is 0 Å². The number of carbonyl (C=O) groups excluding carboxylic acids is 2. The average molecular weight is 277 g/mol. The molecule has 3 heterocycles. The van der Waals surface area contributed by atoms with Crippen molar-refractivity contribution in [3.63, 3.8) is 0 Å². The van der Waals surface area contributed by atoms with Crippen LogP contribution < -0.4 is 5.32 Å². The van der Waals surface area contributed by atoms with Crippen LogP contribution in [0.2, 0.25) is 0 Å². The minimum absolute atomic E-state index is 0.712. The van der Waals surface area contributed by atoms with E-state index in [1.807, 2.05) is 5.32 Å². The number of urea groups is 1. The number of amides is 3. The molecule has 0 aromatic heterocycles. The van der Waals surface area contributed by atoms with Gasteiger partial charge in [-0.2, -0.15) is 4.39 Å². The van der Waals surface area contributed by atoms with E-state index in [0.717, 1.165) is 12.3 Å². The number of ether oxygens (including phenoxy) is 1. The summed E-state index contributed by atoms with van der Waals surface area (Å²) in [5, 5.41) is 20.8. The molecular formula is C10H11F2N2O5+. The summed E-state index contributed by atoms with van der Waals surface area (Å²) in [5.74, 6) is -3.31. The number of hydrogen-bond donors (Lipinski definition) is 3. The monoisotopic (exact) mass is 277 g/mol. The van der Waals surface area contributed by atoms with E-state index >= 15 is 0 Å². The molecule has 3 amide bonds. The van der Waals surface area contributed by atoms with Crippen LogP contribution in [0.5, 0.6) is 0 Å². The Morgan fingerprint density at radius 3 is 2.63 bits per heavy atom. The minimum Gasteiger partial charge on any atom is -0.393 e. The number of alkyl halides is 2. The topological polar surface area (TPSA) is 95.9 Å². The maximum absolute atomic E-state index is 14.8. The van der Waals surface area contributed by atoms with Crippen LogP contribution in [0.1, 0.15) is 0 Å². The molecule has 3 N–H and O–H groups in total. The van der Waals surface area contributed by atoms with Gasteiger partial charge in [0.05, 0.1) is 12.7 Å². The molecule has 0 radical (unpaired) electrons. The van der Waals surface area contributed by atoms with Crippen molar-refractivity contribution in [2.45, 2.75) is 23.7 Å². The highest BCUT2D eigenvalue weighted by Crippen LogP contribution is 2.64. The number of aliphatic hydroxyl groups is 2. The van der Waals surface area contributed by atoms with Crippen molar-refractivity contribution in [3.05, 3.63) is 12.3 Å². The summed E-state index contributed by atoms with van der Waals surface area (Å²) in [4.78, 5) is 22.7. The summed E-state index contributed by atoms with van der Waals surface area (Å²) in [7, 11) is 0. The standard InChI is InChI=1S/C10H10F2N2O5/c11-3-9(4-15)6(17)10(12)7(19-9)14(10)2-1-5(16)13-8(14)18/h1-2,6-7,15,17H,3-4H2/p+1/t6-,7-,9-,10-,14?/m1/s1. The molecule has 1 unspecified atom stereocenters. The molecule has 19 heavy (non-hydrogen) atoms. The first-order chi connectivity index (χ1) is 8.89. The quantitative estimate of drug-likeness (QED) is 0.330. The van der Waals surface area contributed by atoms with E-state index in [-0.39, 0.29) is 0 Å². The van der Waals surface area contributed by atoms with E-state index in [0.29, 0.717) is 0 Å². The Hall–Kier alpha value is -1.42. The zero-order chi connectivity index (χ0) is 14.1. The molecule has 2 saturated heterocycles. The number of nitrogens with one attached hydrogen (secondary N) is 1. The number of halogens is 2. The molecule has 1 spiro atoms. The molecule has 9 heteroatoms. The predicted molar refractivity (Wildman–Crippen MR) is 53.4 cm³/mol. The molecule has 0 aliphatic carbocycles. The van der Waals surface area contributed by atoms with Crippen molar-refractivity contribution in [1.82, 2.24) is 5.32 Å². The van der Waals surface area contributed by atoms with Crippen LogP contribution in [0.15, 0.2) is 12.3 Å². The lowest BCUT2D eigenvalue weighted by Crippen LogP contribution is -2.60. The molecule has 0 bridgehead atoms. The smallest absolute Gasteiger partial charge is 0.393 e. The van der Waals surface area contributed by atoms with Crippen molar-refractivity contribution >= 4 is 11.9 Å². The normalized spacial score (nSPS) is 51.4. The molecule has 0 aromatic rings. The Morgan fingerprint density at radius 1 is 1.53 bits per heavy atom. The SMILES string of the molecule is O=C1C=C[N+]2(C(=O)N1)[C@@H]1O[C@@](CO)(CF)[C@@H](O)[C@]12F. The van der Waals surface area contributed by atoms with Gasteiger partial charge in [0.25, 0.3) is 5.91 Å². The van der Waals surface area contributed by atoms with Gasteiger partial charge in [-0.05, 0) is 0 Å². The third-order valence-electron chi connectivity index (χ3n) is 3.96. The number of hydrogen-bond acceptors (Lipinski definition) is 5. The fourth-order valence-corrected chi connectivity index (χ4v) is 2.77. The highest BCUT2D eigenvalue weighted by atomic mass is 19.2. The van der Waals surface area contributed by atoms with Crippen LogP contribution in [-0.4, -0.2) is 63.6 Å². The Labute approximate surface area is 105 Å². The second-order valence-corrected chi connectivity index (χ2v) is 4.84. The number of carbonyl (C=O) groups is 2. The lowest BCUT2D eigenvalue weighted by atomic mass is 9.97. The highest BCUT2D eigenvalue weighted by Gasteiger charge is 2.97. The maximum Gasteiger partial charge on any atom is 0.433 e. The Kier molecular flexibility index (Phi) is 2.23. The summed E-state index contributed by atoms with van der Waals surface area (Å²) in [6, 6.07) is -0.996. The van der Waals surface area contributed by atoms with Crippen molar-refractivity contribution in [2.24, 2.45) is 0 Å². The van der Waals surface area contributed by atoms with E-state index in [2.05, 4.69) is 0 Å². The summed E-state index contributed by atoms with van der Waals surface area (Å²) in [6.07, 6.45) is -1.60. The van der Waals surface area contributed by atoms with E-state index in [9.17, 15) is 23.5 Å². The van der Waals surface area contributed by atoms with Gasteiger partial charge in [0.1, 0.15) is 12.9 Å². The van der Waals surface area contributed by atoms with Crippen LogP contribution in [0, 0.1) is 0 Å². The predicted octanol–water partition coefficient (Wildman–Crippen LogP) is -1.34. The largest absolute Gasteiger partial charge is 0.433 e. The first-order valence-corrected chi connectivity index (χ1v) is 5.54. The van der Waals surface area contributed by atoms with Gasteiger partial charge < -0.3 is 14.9 Å². The molecule has 3 rings (SSSR count). The number of quaternary nitrogens is 1. The second-order valence-electron chi connectivity index (χ2n) is 4.84. The number of nitrogens with zero attached hydrogens (tertiary/aromatic N) is 1. The third-order valence-corrected chi connectivity index (χ3v) is 3.96. The van der Waals surface area contributed by atoms with Crippen LogP contribution in [-0.2, 0) is 9.53 Å².